The van der Waals surface area contributed by atoms with Crippen molar-refractivity contribution in [1.82, 2.24) is 20.5 Å². The first-order chi connectivity index (χ1) is 8.90. The number of aromatic nitrogens is 3. The van der Waals surface area contributed by atoms with Gasteiger partial charge in [-0.2, -0.15) is 5.10 Å². The van der Waals surface area contributed by atoms with E-state index in [-0.39, 0.29) is 0 Å². The lowest BCUT2D eigenvalue weighted by atomic mass is 10.2. The normalized spacial score (nSPS) is 10.5. The fraction of sp³-hybridized carbons (Fsp3) is 0.385. The molecule has 2 rings (SSSR count). The summed E-state index contributed by atoms with van der Waals surface area (Å²) in [5.74, 6) is 1.87. The van der Waals surface area contributed by atoms with Crippen molar-refractivity contribution in [2.75, 3.05) is 13.7 Å². The summed E-state index contributed by atoms with van der Waals surface area (Å²) in [5.41, 5.74) is 1.18. The molecule has 0 bridgehead atoms. The van der Waals surface area contributed by atoms with E-state index in [9.17, 15) is 0 Å². The van der Waals surface area contributed by atoms with Crippen molar-refractivity contribution in [2.24, 2.45) is 0 Å². The fourth-order valence-corrected chi connectivity index (χ4v) is 1.80. The van der Waals surface area contributed by atoms with Crippen molar-refractivity contribution >= 4 is 0 Å². The summed E-state index contributed by atoms with van der Waals surface area (Å²) in [4.78, 5) is 4.08. The Hall–Kier alpha value is -1.88. The summed E-state index contributed by atoms with van der Waals surface area (Å²) < 4.78 is 5.30. The lowest BCUT2D eigenvalue weighted by molar-refractivity contribution is 0.407. The number of aromatic amines is 1. The van der Waals surface area contributed by atoms with E-state index in [4.69, 9.17) is 4.74 Å². The second-order valence-corrected chi connectivity index (χ2v) is 4.02. The molecule has 0 atom stereocenters. The maximum atomic E-state index is 5.30. The van der Waals surface area contributed by atoms with Gasteiger partial charge in [0.05, 0.1) is 7.11 Å². The molecule has 0 fully saturated rings. The van der Waals surface area contributed by atoms with Crippen LogP contribution in [0.4, 0.5) is 0 Å². The van der Waals surface area contributed by atoms with Crippen LogP contribution in [-0.4, -0.2) is 28.8 Å². The molecule has 1 aromatic carbocycles. The average Bonchev–Trinajstić information content (AvgIpc) is 2.92. The molecule has 0 spiro atoms. The number of benzene rings is 1. The zero-order valence-corrected chi connectivity index (χ0v) is 10.5. The molecule has 0 saturated carbocycles. The van der Waals surface area contributed by atoms with E-state index in [0.29, 0.717) is 0 Å². The molecule has 0 radical (unpaired) electrons. The number of ether oxygens (including phenoxy) is 1. The van der Waals surface area contributed by atoms with Crippen LogP contribution in [0.1, 0.15) is 17.8 Å². The third-order valence-corrected chi connectivity index (χ3v) is 2.74. The molecule has 0 aliphatic heterocycles. The predicted molar refractivity (Wildman–Crippen MR) is 69.4 cm³/mol. The summed E-state index contributed by atoms with van der Waals surface area (Å²) in [5, 5.41) is 10.1. The molecule has 0 aliphatic carbocycles. The fourth-order valence-electron chi connectivity index (χ4n) is 1.80. The molecule has 0 aliphatic rings. The van der Waals surface area contributed by atoms with E-state index in [0.717, 1.165) is 37.5 Å². The first-order valence-corrected chi connectivity index (χ1v) is 6.07. The van der Waals surface area contributed by atoms with Gasteiger partial charge >= 0.3 is 0 Å². The Morgan fingerprint density at radius 3 is 3.00 bits per heavy atom. The molecule has 0 unspecified atom stereocenters. The third-order valence-electron chi connectivity index (χ3n) is 2.74. The number of nitrogens with one attached hydrogen (secondary N) is 2. The van der Waals surface area contributed by atoms with Crippen LogP contribution in [0.5, 0.6) is 5.75 Å². The number of methoxy groups -OCH3 is 1. The minimum absolute atomic E-state index is 0.820. The monoisotopic (exact) mass is 246 g/mol. The van der Waals surface area contributed by atoms with Gasteiger partial charge in [-0.3, -0.25) is 5.10 Å². The highest BCUT2D eigenvalue weighted by Gasteiger charge is 2.00. The molecular formula is C13H18N4O. The SMILES string of the molecule is COc1ccccc1CNCCCc1ncn[nH]1. The summed E-state index contributed by atoms with van der Waals surface area (Å²) in [6.07, 6.45) is 3.49. The third kappa shape index (κ3) is 3.56. The van der Waals surface area contributed by atoms with Gasteiger partial charge in [-0.15, -0.1) is 0 Å². The van der Waals surface area contributed by atoms with Crippen molar-refractivity contribution < 1.29 is 4.74 Å². The van der Waals surface area contributed by atoms with Crippen LogP contribution in [0.15, 0.2) is 30.6 Å². The Bertz CT molecular complexity index is 456. The summed E-state index contributed by atoms with van der Waals surface area (Å²) in [6.45, 7) is 1.76. The summed E-state index contributed by atoms with van der Waals surface area (Å²) in [6, 6.07) is 8.05. The number of hydrogen-bond donors (Lipinski definition) is 2. The lowest BCUT2D eigenvalue weighted by Gasteiger charge is -2.08. The van der Waals surface area contributed by atoms with Crippen molar-refractivity contribution in [2.45, 2.75) is 19.4 Å². The van der Waals surface area contributed by atoms with E-state index in [2.05, 4.69) is 26.6 Å². The second kappa shape index (κ2) is 6.76. The van der Waals surface area contributed by atoms with Crippen LogP contribution in [0.25, 0.3) is 0 Å². The molecule has 96 valence electrons. The quantitative estimate of drug-likeness (QED) is 0.727. The second-order valence-electron chi connectivity index (χ2n) is 4.02. The molecule has 0 amide bonds. The molecule has 5 heteroatoms. The molecule has 0 saturated heterocycles. The number of hydrogen-bond acceptors (Lipinski definition) is 4. The molecular weight excluding hydrogens is 228 g/mol. The van der Waals surface area contributed by atoms with Crippen LogP contribution in [0, 0.1) is 0 Å². The first kappa shape index (κ1) is 12.6. The van der Waals surface area contributed by atoms with E-state index in [1.54, 1.807) is 7.11 Å². The van der Waals surface area contributed by atoms with Crippen LogP contribution < -0.4 is 10.1 Å². The van der Waals surface area contributed by atoms with E-state index < -0.39 is 0 Å². The van der Waals surface area contributed by atoms with Crippen molar-refractivity contribution in [3.8, 4) is 5.75 Å². The number of para-hydroxylation sites is 1. The standard InChI is InChI=1S/C13H18N4O/c1-18-12-6-3-2-5-11(12)9-14-8-4-7-13-15-10-16-17-13/h2-3,5-6,10,14H,4,7-9H2,1H3,(H,15,16,17). The Morgan fingerprint density at radius 2 is 2.22 bits per heavy atom. The largest absolute Gasteiger partial charge is 0.496 e. The zero-order valence-electron chi connectivity index (χ0n) is 10.5. The van der Waals surface area contributed by atoms with E-state index >= 15 is 0 Å². The number of H-pyrrole nitrogens is 1. The molecule has 5 nitrogen and oxygen atoms in total. The molecule has 1 aromatic heterocycles. The van der Waals surface area contributed by atoms with Gasteiger partial charge in [0.15, 0.2) is 0 Å². The first-order valence-electron chi connectivity index (χ1n) is 6.07. The maximum Gasteiger partial charge on any atom is 0.137 e. The molecule has 2 N–H and O–H groups in total. The van der Waals surface area contributed by atoms with Crippen LogP contribution in [-0.2, 0) is 13.0 Å². The molecule has 1 heterocycles. The van der Waals surface area contributed by atoms with Gasteiger partial charge in [-0.25, -0.2) is 4.98 Å². The van der Waals surface area contributed by atoms with Gasteiger partial charge in [0.1, 0.15) is 17.9 Å². The van der Waals surface area contributed by atoms with Gasteiger partial charge in [-0.05, 0) is 19.0 Å². The van der Waals surface area contributed by atoms with Crippen molar-refractivity contribution in [3.05, 3.63) is 42.0 Å². The summed E-state index contributed by atoms with van der Waals surface area (Å²) >= 11 is 0. The highest BCUT2D eigenvalue weighted by molar-refractivity contribution is 5.32. The number of rotatable bonds is 7. The topological polar surface area (TPSA) is 62.8 Å². The smallest absolute Gasteiger partial charge is 0.137 e. The highest BCUT2D eigenvalue weighted by Crippen LogP contribution is 2.16. The summed E-state index contributed by atoms with van der Waals surface area (Å²) in [7, 11) is 1.70. The number of nitrogens with zero attached hydrogens (tertiary/aromatic N) is 2. The maximum absolute atomic E-state index is 5.30. The highest BCUT2D eigenvalue weighted by atomic mass is 16.5. The van der Waals surface area contributed by atoms with Crippen LogP contribution >= 0.6 is 0 Å². The Kier molecular flexibility index (Phi) is 4.72. The minimum atomic E-state index is 0.820. The number of aryl methyl sites for hydroxylation is 1. The minimum Gasteiger partial charge on any atom is -0.496 e. The van der Waals surface area contributed by atoms with Gasteiger partial charge in [0, 0.05) is 18.5 Å². The molecule has 18 heavy (non-hydrogen) atoms. The van der Waals surface area contributed by atoms with Crippen LogP contribution in [0.2, 0.25) is 0 Å². The Morgan fingerprint density at radius 1 is 1.33 bits per heavy atom. The van der Waals surface area contributed by atoms with E-state index in [1.165, 1.54) is 11.9 Å². The molecule has 2 aromatic rings. The van der Waals surface area contributed by atoms with Crippen molar-refractivity contribution in [1.29, 1.82) is 0 Å². The average molecular weight is 246 g/mol. The Balaban J connectivity index is 1.69. The zero-order chi connectivity index (χ0) is 12.6. The van der Waals surface area contributed by atoms with Gasteiger partial charge < -0.3 is 10.1 Å². The van der Waals surface area contributed by atoms with Crippen molar-refractivity contribution in [3.63, 3.8) is 0 Å². The van der Waals surface area contributed by atoms with Gasteiger partial charge in [0.2, 0.25) is 0 Å². The Labute approximate surface area is 107 Å². The van der Waals surface area contributed by atoms with E-state index in [1.807, 2.05) is 18.2 Å². The van der Waals surface area contributed by atoms with Gasteiger partial charge in [0.25, 0.3) is 0 Å². The lowest BCUT2D eigenvalue weighted by Crippen LogP contribution is -2.16. The van der Waals surface area contributed by atoms with Gasteiger partial charge in [-0.1, -0.05) is 18.2 Å². The van der Waals surface area contributed by atoms with Crippen LogP contribution in [0.3, 0.4) is 0 Å². The predicted octanol–water partition coefficient (Wildman–Crippen LogP) is 1.54.